The summed E-state index contributed by atoms with van der Waals surface area (Å²) in [6.07, 6.45) is 7.18. The van der Waals surface area contributed by atoms with Gasteiger partial charge in [-0.3, -0.25) is 0 Å². The van der Waals surface area contributed by atoms with Gasteiger partial charge < -0.3 is 9.64 Å². The van der Waals surface area contributed by atoms with Crippen molar-refractivity contribution in [3.05, 3.63) is 100 Å². The number of hydrogen-bond donors (Lipinski definition) is 0. The molecule has 5 rings (SSSR count). The Labute approximate surface area is 228 Å². The van der Waals surface area contributed by atoms with Crippen molar-refractivity contribution in [2.75, 3.05) is 18.1 Å². The maximum Gasteiger partial charge on any atom is 0.174 e. The summed E-state index contributed by atoms with van der Waals surface area (Å²) in [5.74, 6) is 0.741. The lowest BCUT2D eigenvalue weighted by Gasteiger charge is -2.32. The maximum absolute atomic E-state index is 9.18. The van der Waals surface area contributed by atoms with E-state index in [9.17, 15) is 5.26 Å². The second-order valence-electron chi connectivity index (χ2n) is 9.30. The summed E-state index contributed by atoms with van der Waals surface area (Å²) in [4.78, 5) is 7.12. The van der Waals surface area contributed by atoms with Crippen LogP contribution in [-0.4, -0.2) is 18.1 Å². The van der Waals surface area contributed by atoms with Crippen LogP contribution in [0.1, 0.15) is 47.7 Å². The van der Waals surface area contributed by atoms with Crippen molar-refractivity contribution in [1.29, 1.82) is 10.5 Å². The van der Waals surface area contributed by atoms with Gasteiger partial charge in [-0.05, 0) is 72.4 Å². The van der Waals surface area contributed by atoms with Gasteiger partial charge in [0.25, 0.3) is 0 Å². The Hall–Kier alpha value is -4.32. The fourth-order valence-electron chi connectivity index (χ4n) is 5.11. The number of fused-ring (bicyclic) bond motifs is 2. The van der Waals surface area contributed by atoms with Gasteiger partial charge in [-0.25, -0.2) is 4.98 Å². The molecule has 38 heavy (non-hydrogen) atoms. The first-order valence-electron chi connectivity index (χ1n) is 12.8. The average molecular weight is 519 g/mol. The van der Waals surface area contributed by atoms with E-state index in [1.165, 1.54) is 11.1 Å². The first-order valence-corrected chi connectivity index (χ1v) is 13.1. The lowest BCUT2D eigenvalue weighted by atomic mass is 9.97. The van der Waals surface area contributed by atoms with Gasteiger partial charge in [-0.1, -0.05) is 60.1 Å². The predicted molar refractivity (Wildman–Crippen MR) is 153 cm³/mol. The van der Waals surface area contributed by atoms with Crippen LogP contribution in [0.15, 0.2) is 72.8 Å². The van der Waals surface area contributed by atoms with E-state index in [1.807, 2.05) is 42.5 Å². The Morgan fingerprint density at radius 2 is 1.87 bits per heavy atom. The highest BCUT2D eigenvalue weighted by molar-refractivity contribution is 6.31. The molecule has 1 unspecified atom stereocenters. The molecule has 0 saturated heterocycles. The van der Waals surface area contributed by atoms with Crippen LogP contribution >= 0.6 is 11.6 Å². The number of rotatable bonds is 9. The summed E-state index contributed by atoms with van der Waals surface area (Å²) in [5.41, 5.74) is 6.28. The standard InChI is InChI=1S/C32H27ClN4O/c33-27-13-11-24-12-15-28(36-29(24)22-27)14-10-23-5-3-7-26(21-23)30(8-1-2-17-34)37-19-16-25-6-4-9-31(32(25)37)38-20-18-35/h3-7,9-15,21-22,30H,1-2,8,16,19-20H2. The van der Waals surface area contributed by atoms with Crippen LogP contribution in [0.25, 0.3) is 23.1 Å². The third-order valence-electron chi connectivity index (χ3n) is 6.84. The van der Waals surface area contributed by atoms with Crippen molar-refractivity contribution >= 4 is 40.3 Å². The zero-order chi connectivity index (χ0) is 26.3. The smallest absolute Gasteiger partial charge is 0.174 e. The van der Waals surface area contributed by atoms with Crippen molar-refractivity contribution in [3.63, 3.8) is 0 Å². The number of nitrogens with zero attached hydrogens (tertiary/aromatic N) is 4. The van der Waals surface area contributed by atoms with E-state index in [2.05, 4.69) is 59.5 Å². The van der Waals surface area contributed by atoms with E-state index in [-0.39, 0.29) is 12.6 Å². The fraction of sp³-hybridized carbons (Fsp3) is 0.219. The Bertz CT molecular complexity index is 1570. The van der Waals surface area contributed by atoms with Crippen LogP contribution in [0.3, 0.4) is 0 Å². The molecule has 5 nitrogen and oxygen atoms in total. The highest BCUT2D eigenvalue weighted by Crippen LogP contribution is 2.43. The minimum atomic E-state index is 0.0126. The monoisotopic (exact) mass is 518 g/mol. The van der Waals surface area contributed by atoms with E-state index in [0.717, 1.165) is 59.4 Å². The molecule has 0 bridgehead atoms. The molecule has 188 valence electrons. The molecule has 0 fully saturated rings. The number of unbranched alkanes of at least 4 members (excludes halogenated alkanes) is 1. The molecular weight excluding hydrogens is 492 g/mol. The molecule has 0 aliphatic carbocycles. The summed E-state index contributed by atoms with van der Waals surface area (Å²) < 4.78 is 5.81. The SMILES string of the molecule is N#CCCCC(c1cccc(C=Cc2ccc3ccc(Cl)cc3n2)c1)N1CCc2cccc(OCC#N)c21. The molecule has 2 heterocycles. The van der Waals surface area contributed by atoms with Crippen LogP contribution < -0.4 is 9.64 Å². The maximum atomic E-state index is 9.18. The Morgan fingerprint density at radius 3 is 2.74 bits per heavy atom. The van der Waals surface area contributed by atoms with Gasteiger partial charge in [0.05, 0.1) is 29.0 Å². The second kappa shape index (κ2) is 11.8. The van der Waals surface area contributed by atoms with E-state index in [1.54, 1.807) is 0 Å². The molecule has 0 radical (unpaired) electrons. The van der Waals surface area contributed by atoms with Gasteiger partial charge in [0.15, 0.2) is 6.61 Å². The van der Waals surface area contributed by atoms with Crippen LogP contribution in [0, 0.1) is 22.7 Å². The van der Waals surface area contributed by atoms with E-state index in [4.69, 9.17) is 26.6 Å². The van der Waals surface area contributed by atoms with Crippen molar-refractivity contribution in [2.24, 2.45) is 0 Å². The van der Waals surface area contributed by atoms with Crippen LogP contribution in [0.2, 0.25) is 5.02 Å². The Kier molecular flexibility index (Phi) is 7.88. The highest BCUT2D eigenvalue weighted by atomic mass is 35.5. The molecule has 1 aliphatic heterocycles. The number of para-hydroxylation sites is 1. The minimum Gasteiger partial charge on any atom is -0.477 e. The minimum absolute atomic E-state index is 0.0126. The molecule has 6 heteroatoms. The third kappa shape index (κ3) is 5.65. The molecule has 0 N–H and O–H groups in total. The Balaban J connectivity index is 1.45. The number of ether oxygens (including phenoxy) is 1. The zero-order valence-electron chi connectivity index (χ0n) is 21.0. The summed E-state index contributed by atoms with van der Waals surface area (Å²) in [6.45, 7) is 0.877. The van der Waals surface area contributed by atoms with Gasteiger partial charge in [0.1, 0.15) is 11.8 Å². The van der Waals surface area contributed by atoms with Crippen LogP contribution in [0.5, 0.6) is 5.75 Å². The molecule has 0 saturated carbocycles. The molecular formula is C32H27ClN4O. The quantitative estimate of drug-likeness (QED) is 0.212. The molecule has 3 aromatic carbocycles. The lowest BCUT2D eigenvalue weighted by molar-refractivity contribution is 0.367. The van der Waals surface area contributed by atoms with Gasteiger partial charge in [-0.2, -0.15) is 10.5 Å². The van der Waals surface area contributed by atoms with Crippen molar-refractivity contribution < 1.29 is 4.74 Å². The topological polar surface area (TPSA) is 72.9 Å². The summed E-state index contributed by atoms with van der Waals surface area (Å²) >= 11 is 6.15. The molecule has 1 aromatic heterocycles. The first-order chi connectivity index (χ1) is 18.7. The highest BCUT2D eigenvalue weighted by Gasteiger charge is 2.30. The van der Waals surface area contributed by atoms with Crippen molar-refractivity contribution in [2.45, 2.75) is 31.7 Å². The summed E-state index contributed by atoms with van der Waals surface area (Å²) in [7, 11) is 0. The molecule has 1 aliphatic rings. The number of hydrogen-bond acceptors (Lipinski definition) is 5. The van der Waals surface area contributed by atoms with Gasteiger partial charge in [0.2, 0.25) is 0 Å². The van der Waals surface area contributed by atoms with Gasteiger partial charge in [-0.15, -0.1) is 0 Å². The molecule has 0 spiro atoms. The lowest BCUT2D eigenvalue weighted by Crippen LogP contribution is -2.27. The van der Waals surface area contributed by atoms with Crippen molar-refractivity contribution in [1.82, 2.24) is 4.98 Å². The number of halogens is 1. The summed E-state index contributed by atoms with van der Waals surface area (Å²) in [6, 6.07) is 28.8. The second-order valence-corrected chi connectivity index (χ2v) is 9.73. The number of benzene rings is 3. The number of anilines is 1. The molecule has 4 aromatic rings. The fourth-order valence-corrected chi connectivity index (χ4v) is 5.28. The van der Waals surface area contributed by atoms with Crippen LogP contribution in [-0.2, 0) is 6.42 Å². The number of nitriles is 2. The van der Waals surface area contributed by atoms with E-state index >= 15 is 0 Å². The number of aromatic nitrogens is 1. The normalized spacial score (nSPS) is 13.3. The first kappa shape index (κ1) is 25.3. The van der Waals surface area contributed by atoms with E-state index in [0.29, 0.717) is 11.4 Å². The predicted octanol–water partition coefficient (Wildman–Crippen LogP) is 7.76. The largest absolute Gasteiger partial charge is 0.477 e. The molecule has 0 amide bonds. The number of pyridine rings is 1. The van der Waals surface area contributed by atoms with Crippen LogP contribution in [0.4, 0.5) is 5.69 Å². The van der Waals surface area contributed by atoms with Gasteiger partial charge >= 0.3 is 0 Å². The Morgan fingerprint density at radius 1 is 1.00 bits per heavy atom. The third-order valence-corrected chi connectivity index (χ3v) is 7.08. The van der Waals surface area contributed by atoms with Crippen molar-refractivity contribution in [3.8, 4) is 17.9 Å². The average Bonchev–Trinajstić information content (AvgIpc) is 3.37. The summed E-state index contributed by atoms with van der Waals surface area (Å²) in [5, 5.41) is 20.0. The van der Waals surface area contributed by atoms with Gasteiger partial charge in [0, 0.05) is 23.4 Å². The zero-order valence-corrected chi connectivity index (χ0v) is 21.7. The molecule has 1 atom stereocenters. The van der Waals surface area contributed by atoms with E-state index < -0.39 is 0 Å².